The highest BCUT2D eigenvalue weighted by Gasteiger charge is 2.11. The van der Waals surface area contributed by atoms with Gasteiger partial charge in [0, 0.05) is 17.4 Å². The van der Waals surface area contributed by atoms with E-state index in [0.717, 1.165) is 0 Å². The van der Waals surface area contributed by atoms with Gasteiger partial charge in [0.05, 0.1) is 17.9 Å². The molecule has 0 saturated carbocycles. The van der Waals surface area contributed by atoms with Gasteiger partial charge in [0.1, 0.15) is 0 Å². The van der Waals surface area contributed by atoms with E-state index in [1.54, 1.807) is 19.1 Å². The van der Waals surface area contributed by atoms with Crippen LogP contribution in [0.5, 0.6) is 5.75 Å². The number of nitrogen functional groups attached to an aromatic ring is 1. The van der Waals surface area contributed by atoms with E-state index in [1.165, 1.54) is 24.3 Å². The second kappa shape index (κ2) is 6.13. The minimum atomic E-state index is -1.11. The Balaban J connectivity index is 2.30. The molecule has 0 aliphatic rings. The minimum absolute atomic E-state index is 0.0179. The van der Waals surface area contributed by atoms with E-state index in [-0.39, 0.29) is 11.3 Å². The predicted octanol–water partition coefficient (Wildman–Crippen LogP) is 3.25. The van der Waals surface area contributed by atoms with E-state index in [0.29, 0.717) is 23.7 Å². The molecule has 6 heteroatoms. The average molecular weight is 290 g/mol. The van der Waals surface area contributed by atoms with Crippen LogP contribution in [0.3, 0.4) is 0 Å². The Morgan fingerprint density at radius 2 is 2.10 bits per heavy atom. The highest BCUT2D eigenvalue weighted by Crippen LogP contribution is 2.26. The Morgan fingerprint density at radius 3 is 2.71 bits per heavy atom. The van der Waals surface area contributed by atoms with Gasteiger partial charge in [0.15, 0.2) is 11.6 Å². The first kappa shape index (κ1) is 14.6. The number of hydrogen-bond acceptors (Lipinski definition) is 4. The Bertz CT molecular complexity index is 674. The molecule has 0 spiro atoms. The molecule has 0 amide bonds. The van der Waals surface area contributed by atoms with Gasteiger partial charge in [0.25, 0.3) is 0 Å². The van der Waals surface area contributed by atoms with Gasteiger partial charge in [-0.05, 0) is 37.3 Å². The molecule has 0 unspecified atom stereocenters. The number of carbonyl (C=O) groups is 1. The number of halogens is 1. The van der Waals surface area contributed by atoms with E-state index >= 15 is 0 Å². The Hall–Kier alpha value is -2.76. The summed E-state index contributed by atoms with van der Waals surface area (Å²) in [4.78, 5) is 11.2. The van der Waals surface area contributed by atoms with E-state index in [2.05, 4.69) is 5.32 Å². The van der Waals surface area contributed by atoms with Crippen molar-refractivity contribution in [2.24, 2.45) is 0 Å². The summed E-state index contributed by atoms with van der Waals surface area (Å²) in [5, 5.41) is 12.0. The van der Waals surface area contributed by atoms with Crippen LogP contribution in [0.25, 0.3) is 0 Å². The molecule has 0 radical (unpaired) electrons. The normalized spacial score (nSPS) is 10.2. The number of carboxylic acids is 1. The summed E-state index contributed by atoms with van der Waals surface area (Å²) in [6.45, 7) is 2.13. The lowest BCUT2D eigenvalue weighted by Crippen LogP contribution is -2.04. The topological polar surface area (TPSA) is 84.6 Å². The maximum absolute atomic E-state index is 13.8. The molecule has 0 aliphatic heterocycles. The van der Waals surface area contributed by atoms with Crippen LogP contribution < -0.4 is 15.8 Å². The fourth-order valence-electron chi connectivity index (χ4n) is 1.85. The van der Waals surface area contributed by atoms with Gasteiger partial charge in [-0.3, -0.25) is 0 Å². The fraction of sp³-hybridized carbons (Fsp3) is 0.133. The number of benzene rings is 2. The smallest absolute Gasteiger partial charge is 0.337 e. The highest BCUT2D eigenvalue weighted by atomic mass is 19.1. The molecule has 0 fully saturated rings. The third-order valence-corrected chi connectivity index (χ3v) is 2.78. The molecular formula is C15H15FN2O3. The summed E-state index contributed by atoms with van der Waals surface area (Å²) in [6, 6.07) is 8.78. The van der Waals surface area contributed by atoms with Crippen LogP contribution in [0.2, 0.25) is 0 Å². The van der Waals surface area contributed by atoms with Crippen molar-refractivity contribution in [3.05, 3.63) is 47.8 Å². The van der Waals surface area contributed by atoms with Gasteiger partial charge in [-0.25, -0.2) is 9.18 Å². The fourth-order valence-corrected chi connectivity index (χ4v) is 1.85. The molecule has 0 aromatic heterocycles. The SMILES string of the molecule is CCOc1ccc(Nc2ccc(N)cc2C(=O)O)cc1F. The van der Waals surface area contributed by atoms with Gasteiger partial charge < -0.3 is 20.9 Å². The van der Waals surface area contributed by atoms with Crippen molar-refractivity contribution < 1.29 is 19.0 Å². The molecule has 0 atom stereocenters. The number of rotatable bonds is 5. The Morgan fingerprint density at radius 1 is 1.33 bits per heavy atom. The molecule has 2 aromatic carbocycles. The van der Waals surface area contributed by atoms with Gasteiger partial charge in [-0.15, -0.1) is 0 Å². The summed E-state index contributed by atoms with van der Waals surface area (Å²) in [7, 11) is 0. The number of nitrogens with one attached hydrogen (secondary N) is 1. The quantitative estimate of drug-likeness (QED) is 0.736. The first-order valence-electron chi connectivity index (χ1n) is 6.33. The van der Waals surface area contributed by atoms with Gasteiger partial charge in [-0.1, -0.05) is 0 Å². The van der Waals surface area contributed by atoms with Crippen molar-refractivity contribution in [1.82, 2.24) is 0 Å². The number of hydrogen-bond donors (Lipinski definition) is 3. The standard InChI is InChI=1S/C15H15FN2O3/c1-2-21-14-6-4-10(8-12(14)16)18-13-5-3-9(17)7-11(13)15(19)20/h3-8,18H,2,17H2,1H3,(H,19,20). The third kappa shape index (κ3) is 3.42. The van der Waals surface area contributed by atoms with Gasteiger partial charge in [0.2, 0.25) is 0 Å². The molecule has 5 nitrogen and oxygen atoms in total. The van der Waals surface area contributed by atoms with Crippen molar-refractivity contribution in [2.45, 2.75) is 6.92 Å². The van der Waals surface area contributed by atoms with Crippen molar-refractivity contribution in [2.75, 3.05) is 17.7 Å². The van der Waals surface area contributed by atoms with Crippen LogP contribution in [-0.2, 0) is 0 Å². The zero-order valence-corrected chi connectivity index (χ0v) is 11.4. The third-order valence-electron chi connectivity index (χ3n) is 2.78. The van der Waals surface area contributed by atoms with E-state index in [4.69, 9.17) is 15.6 Å². The molecule has 0 bridgehead atoms. The van der Waals surface area contributed by atoms with Gasteiger partial charge >= 0.3 is 5.97 Å². The molecule has 0 saturated heterocycles. The lowest BCUT2D eigenvalue weighted by Gasteiger charge is -2.12. The van der Waals surface area contributed by atoms with Crippen molar-refractivity contribution in [3.8, 4) is 5.75 Å². The van der Waals surface area contributed by atoms with Gasteiger partial charge in [-0.2, -0.15) is 0 Å². The molecule has 2 rings (SSSR count). The second-order valence-electron chi connectivity index (χ2n) is 4.31. The summed E-state index contributed by atoms with van der Waals surface area (Å²) < 4.78 is 18.9. The van der Waals surface area contributed by atoms with Crippen molar-refractivity contribution >= 4 is 23.0 Å². The molecule has 21 heavy (non-hydrogen) atoms. The van der Waals surface area contributed by atoms with Crippen LogP contribution in [0.15, 0.2) is 36.4 Å². The minimum Gasteiger partial charge on any atom is -0.491 e. The zero-order valence-electron chi connectivity index (χ0n) is 11.4. The Kier molecular flexibility index (Phi) is 4.27. The number of nitrogens with two attached hydrogens (primary N) is 1. The monoisotopic (exact) mass is 290 g/mol. The summed E-state index contributed by atoms with van der Waals surface area (Å²) >= 11 is 0. The summed E-state index contributed by atoms with van der Waals surface area (Å²) in [5.41, 5.74) is 6.68. The first-order chi connectivity index (χ1) is 10.0. The maximum atomic E-state index is 13.8. The second-order valence-corrected chi connectivity index (χ2v) is 4.31. The molecular weight excluding hydrogens is 275 g/mol. The molecule has 4 N–H and O–H groups in total. The van der Waals surface area contributed by atoms with Crippen LogP contribution >= 0.6 is 0 Å². The number of aromatic carboxylic acids is 1. The number of anilines is 3. The number of carboxylic acid groups (broad SMARTS) is 1. The summed E-state index contributed by atoms with van der Waals surface area (Å²) in [5.74, 6) is -1.48. The largest absolute Gasteiger partial charge is 0.491 e. The lowest BCUT2D eigenvalue weighted by atomic mass is 10.1. The maximum Gasteiger partial charge on any atom is 0.337 e. The van der Waals surface area contributed by atoms with Crippen LogP contribution in [0, 0.1) is 5.82 Å². The number of ether oxygens (including phenoxy) is 1. The summed E-state index contributed by atoms with van der Waals surface area (Å²) in [6.07, 6.45) is 0. The van der Waals surface area contributed by atoms with Crippen LogP contribution in [-0.4, -0.2) is 17.7 Å². The molecule has 0 heterocycles. The lowest BCUT2D eigenvalue weighted by molar-refractivity contribution is 0.0698. The molecule has 0 aliphatic carbocycles. The van der Waals surface area contributed by atoms with E-state index < -0.39 is 11.8 Å². The average Bonchev–Trinajstić information content (AvgIpc) is 2.44. The molecule has 110 valence electrons. The predicted molar refractivity (Wildman–Crippen MR) is 78.7 cm³/mol. The molecule has 2 aromatic rings. The Labute approximate surface area is 121 Å². The first-order valence-corrected chi connectivity index (χ1v) is 6.33. The highest BCUT2D eigenvalue weighted by molar-refractivity contribution is 5.96. The van der Waals surface area contributed by atoms with Crippen molar-refractivity contribution in [1.29, 1.82) is 0 Å². The van der Waals surface area contributed by atoms with Crippen LogP contribution in [0.1, 0.15) is 17.3 Å². The van der Waals surface area contributed by atoms with Crippen LogP contribution in [0.4, 0.5) is 21.5 Å². The van der Waals surface area contributed by atoms with E-state index in [9.17, 15) is 9.18 Å². The zero-order chi connectivity index (χ0) is 15.4. The van der Waals surface area contributed by atoms with E-state index in [1.807, 2.05) is 0 Å². The van der Waals surface area contributed by atoms with Crippen molar-refractivity contribution in [3.63, 3.8) is 0 Å².